The monoisotopic (exact) mass is 286 g/mol. The van der Waals surface area contributed by atoms with Crippen LogP contribution in [-0.4, -0.2) is 18.9 Å². The molecule has 0 amide bonds. The lowest BCUT2D eigenvalue weighted by atomic mass is 9.84. The van der Waals surface area contributed by atoms with Crippen molar-refractivity contribution in [2.24, 2.45) is 5.92 Å². The lowest BCUT2D eigenvalue weighted by Gasteiger charge is -2.36. The Morgan fingerprint density at radius 2 is 1.35 bits per heavy atom. The zero-order valence-electron chi connectivity index (χ0n) is 13.8. The van der Waals surface area contributed by atoms with Gasteiger partial charge in [0, 0.05) is 0 Å². The Kier molecular flexibility index (Phi) is 9.50. The van der Waals surface area contributed by atoms with E-state index < -0.39 is 5.67 Å². The van der Waals surface area contributed by atoms with E-state index in [-0.39, 0.29) is 0 Å². The van der Waals surface area contributed by atoms with Gasteiger partial charge in [0.15, 0.2) is 5.67 Å². The van der Waals surface area contributed by atoms with Crippen molar-refractivity contribution in [3.8, 4) is 0 Å². The highest BCUT2D eigenvalue weighted by molar-refractivity contribution is 4.88. The molecule has 1 heterocycles. The van der Waals surface area contributed by atoms with Gasteiger partial charge in [-0.05, 0) is 12.3 Å². The minimum atomic E-state index is -0.987. The Morgan fingerprint density at radius 3 is 1.80 bits per heavy atom. The van der Waals surface area contributed by atoms with Crippen molar-refractivity contribution in [2.45, 2.75) is 96.6 Å². The molecule has 1 aliphatic rings. The van der Waals surface area contributed by atoms with Crippen LogP contribution < -0.4 is 0 Å². The third-order valence-electron chi connectivity index (χ3n) is 4.56. The molecule has 1 aliphatic heterocycles. The van der Waals surface area contributed by atoms with Crippen LogP contribution in [0.3, 0.4) is 0 Å². The minimum absolute atomic E-state index is 0.342. The maximum absolute atomic E-state index is 14.2. The summed E-state index contributed by atoms with van der Waals surface area (Å²) in [6, 6.07) is 0. The molecule has 0 bridgehead atoms. The number of hydrogen-bond acceptors (Lipinski definition) is 1. The lowest BCUT2D eigenvalue weighted by molar-refractivity contribution is -0.140. The van der Waals surface area contributed by atoms with E-state index in [4.69, 9.17) is 4.74 Å². The summed E-state index contributed by atoms with van der Waals surface area (Å²) in [7, 11) is 0. The standard InChI is InChI=1S/C18H35FO/c1-3-5-7-9-11-13-17(12-10-8-6-4-2)14-18(19)15-20-16-18/h17H,3-16H2,1-2H3. The molecule has 2 heteroatoms. The summed E-state index contributed by atoms with van der Waals surface area (Å²) in [5.41, 5.74) is -0.987. The van der Waals surface area contributed by atoms with E-state index >= 15 is 0 Å². The fourth-order valence-electron chi connectivity index (χ4n) is 3.20. The van der Waals surface area contributed by atoms with E-state index in [1.54, 1.807) is 0 Å². The number of halogens is 1. The summed E-state index contributed by atoms with van der Waals surface area (Å²) >= 11 is 0. The third kappa shape index (κ3) is 7.61. The van der Waals surface area contributed by atoms with Gasteiger partial charge in [-0.2, -0.15) is 0 Å². The largest absolute Gasteiger partial charge is 0.375 e. The first-order chi connectivity index (χ1) is 9.70. The van der Waals surface area contributed by atoms with Crippen LogP contribution in [0.2, 0.25) is 0 Å². The second kappa shape index (κ2) is 10.6. The van der Waals surface area contributed by atoms with Gasteiger partial charge in [0.2, 0.25) is 0 Å². The van der Waals surface area contributed by atoms with Crippen molar-refractivity contribution in [2.75, 3.05) is 13.2 Å². The second-order valence-electron chi connectivity index (χ2n) is 6.77. The van der Waals surface area contributed by atoms with Gasteiger partial charge in [-0.25, -0.2) is 4.39 Å². The van der Waals surface area contributed by atoms with Crippen LogP contribution in [0, 0.1) is 5.92 Å². The molecule has 1 saturated heterocycles. The fraction of sp³-hybridized carbons (Fsp3) is 1.00. The first-order valence-electron chi connectivity index (χ1n) is 8.97. The van der Waals surface area contributed by atoms with Crippen LogP contribution in [0.1, 0.15) is 90.9 Å². The quantitative estimate of drug-likeness (QED) is 0.374. The maximum Gasteiger partial charge on any atom is 0.157 e. The highest BCUT2D eigenvalue weighted by atomic mass is 19.1. The van der Waals surface area contributed by atoms with Crippen LogP contribution in [0.15, 0.2) is 0 Å². The zero-order valence-corrected chi connectivity index (χ0v) is 13.8. The zero-order chi connectivity index (χ0) is 14.7. The average Bonchev–Trinajstić information content (AvgIpc) is 2.41. The van der Waals surface area contributed by atoms with Crippen molar-refractivity contribution in [1.82, 2.24) is 0 Å². The molecular formula is C18H35FO. The van der Waals surface area contributed by atoms with Crippen molar-refractivity contribution in [1.29, 1.82) is 0 Å². The topological polar surface area (TPSA) is 9.23 Å². The van der Waals surface area contributed by atoms with Gasteiger partial charge in [0.1, 0.15) is 0 Å². The molecule has 0 aromatic heterocycles. The van der Waals surface area contributed by atoms with Gasteiger partial charge in [-0.3, -0.25) is 0 Å². The number of alkyl halides is 1. The van der Waals surface area contributed by atoms with E-state index in [0.717, 1.165) is 6.42 Å². The molecule has 20 heavy (non-hydrogen) atoms. The molecule has 120 valence electrons. The summed E-state index contributed by atoms with van der Waals surface area (Å²) in [6.07, 6.45) is 15.0. The molecule has 0 aliphatic carbocycles. The molecule has 0 spiro atoms. The first kappa shape index (κ1) is 17.9. The van der Waals surface area contributed by atoms with Crippen molar-refractivity contribution in [3.05, 3.63) is 0 Å². The molecule has 0 radical (unpaired) electrons. The van der Waals surface area contributed by atoms with Crippen molar-refractivity contribution >= 4 is 0 Å². The Bertz CT molecular complexity index is 225. The first-order valence-corrected chi connectivity index (χ1v) is 8.97. The Labute approximate surface area is 125 Å². The lowest BCUT2D eigenvalue weighted by Crippen LogP contribution is -2.46. The predicted molar refractivity (Wildman–Crippen MR) is 84.9 cm³/mol. The predicted octanol–water partition coefficient (Wildman–Crippen LogP) is 6.06. The summed E-state index contributed by atoms with van der Waals surface area (Å²) in [5, 5.41) is 0. The van der Waals surface area contributed by atoms with Gasteiger partial charge < -0.3 is 4.74 Å². The van der Waals surface area contributed by atoms with Crippen molar-refractivity contribution in [3.63, 3.8) is 0 Å². The smallest absolute Gasteiger partial charge is 0.157 e. The van der Waals surface area contributed by atoms with Crippen molar-refractivity contribution < 1.29 is 9.13 Å². The van der Waals surface area contributed by atoms with Gasteiger partial charge in [0.05, 0.1) is 13.2 Å². The fourth-order valence-corrected chi connectivity index (χ4v) is 3.20. The maximum atomic E-state index is 14.2. The average molecular weight is 286 g/mol. The molecule has 1 atom stereocenters. The molecule has 0 saturated carbocycles. The Hall–Kier alpha value is -0.110. The molecule has 0 aromatic rings. The Balaban J connectivity index is 2.19. The van der Waals surface area contributed by atoms with Crippen LogP contribution in [-0.2, 0) is 4.74 Å². The van der Waals surface area contributed by atoms with E-state index in [0.29, 0.717) is 19.1 Å². The number of ether oxygens (including phenoxy) is 1. The molecular weight excluding hydrogens is 251 g/mol. The number of unbranched alkanes of at least 4 members (excludes halogenated alkanes) is 7. The van der Waals surface area contributed by atoms with E-state index in [9.17, 15) is 4.39 Å². The summed E-state index contributed by atoms with van der Waals surface area (Å²) in [4.78, 5) is 0. The van der Waals surface area contributed by atoms with Gasteiger partial charge in [-0.1, -0.05) is 84.5 Å². The molecule has 1 nitrogen and oxygen atoms in total. The highest BCUT2D eigenvalue weighted by Crippen LogP contribution is 2.34. The van der Waals surface area contributed by atoms with Crippen LogP contribution >= 0.6 is 0 Å². The molecule has 1 fully saturated rings. The third-order valence-corrected chi connectivity index (χ3v) is 4.56. The van der Waals surface area contributed by atoms with E-state index in [1.165, 1.54) is 70.6 Å². The van der Waals surface area contributed by atoms with E-state index in [1.807, 2.05) is 0 Å². The van der Waals surface area contributed by atoms with E-state index in [2.05, 4.69) is 13.8 Å². The molecule has 0 N–H and O–H groups in total. The molecule has 1 unspecified atom stereocenters. The van der Waals surface area contributed by atoms with Gasteiger partial charge in [-0.15, -0.1) is 0 Å². The Morgan fingerprint density at radius 1 is 0.850 bits per heavy atom. The second-order valence-corrected chi connectivity index (χ2v) is 6.77. The molecule has 0 aromatic carbocycles. The SMILES string of the molecule is CCCCCCCC(CCCCCC)CC1(F)COC1. The van der Waals surface area contributed by atoms with Gasteiger partial charge in [0.25, 0.3) is 0 Å². The summed E-state index contributed by atoms with van der Waals surface area (Å²) in [6.45, 7) is 5.18. The number of hydrogen-bond donors (Lipinski definition) is 0. The molecule has 1 rings (SSSR count). The van der Waals surface area contributed by atoms with Crippen LogP contribution in [0.4, 0.5) is 4.39 Å². The van der Waals surface area contributed by atoms with Crippen LogP contribution in [0.5, 0.6) is 0 Å². The van der Waals surface area contributed by atoms with Crippen LogP contribution in [0.25, 0.3) is 0 Å². The minimum Gasteiger partial charge on any atom is -0.375 e. The normalized spacial score (nSPS) is 18.8. The number of rotatable bonds is 13. The summed E-state index contributed by atoms with van der Waals surface area (Å²) < 4.78 is 19.3. The highest BCUT2D eigenvalue weighted by Gasteiger charge is 2.40. The van der Waals surface area contributed by atoms with Gasteiger partial charge >= 0.3 is 0 Å². The summed E-state index contributed by atoms with van der Waals surface area (Å²) in [5.74, 6) is 0.586.